The molecule has 0 bridgehead atoms. The van der Waals surface area contributed by atoms with Crippen molar-refractivity contribution in [3.63, 3.8) is 0 Å². The highest BCUT2D eigenvalue weighted by Gasteiger charge is 2.24. The lowest BCUT2D eigenvalue weighted by Gasteiger charge is -2.15. The van der Waals surface area contributed by atoms with Gasteiger partial charge in [-0.3, -0.25) is 0 Å². The van der Waals surface area contributed by atoms with Crippen LogP contribution in [0.4, 0.5) is 13.2 Å². The minimum Gasteiger partial charge on any atom is -0.496 e. The van der Waals surface area contributed by atoms with Crippen LogP contribution in [0.15, 0.2) is 22.8 Å². The van der Waals surface area contributed by atoms with Crippen molar-refractivity contribution in [3.05, 3.63) is 34.1 Å². The first-order valence-electron chi connectivity index (χ1n) is 7.44. The summed E-state index contributed by atoms with van der Waals surface area (Å²) < 4.78 is 52.2. The van der Waals surface area contributed by atoms with Gasteiger partial charge in [-0.2, -0.15) is 0 Å². The summed E-state index contributed by atoms with van der Waals surface area (Å²) in [6.45, 7) is 0.132. The SMILES string of the molecule is COc1cc(-c2nc(Br)c3n2CC(CF)OCC3)ccc1C(F)F. The van der Waals surface area contributed by atoms with Crippen molar-refractivity contribution in [1.82, 2.24) is 9.55 Å². The third kappa shape index (κ3) is 3.17. The standard InChI is InChI=1S/C16H16BrF3N2O2/c1-23-13-6-9(2-3-11(13)15(19)20)16-21-14(17)12-4-5-24-10(7-18)8-22(12)16/h2-3,6,10,15H,4-5,7-8H2,1H3. The molecule has 1 aliphatic rings. The fraction of sp³-hybridized carbons (Fsp3) is 0.438. The van der Waals surface area contributed by atoms with Gasteiger partial charge in [0, 0.05) is 12.0 Å². The van der Waals surface area contributed by atoms with E-state index in [1.54, 1.807) is 6.07 Å². The van der Waals surface area contributed by atoms with Crippen LogP contribution >= 0.6 is 15.9 Å². The number of rotatable bonds is 4. The van der Waals surface area contributed by atoms with Crippen LogP contribution < -0.4 is 4.74 Å². The molecule has 0 radical (unpaired) electrons. The van der Waals surface area contributed by atoms with Gasteiger partial charge >= 0.3 is 0 Å². The molecule has 2 heterocycles. The molecule has 0 saturated heterocycles. The maximum atomic E-state index is 13.1. The van der Waals surface area contributed by atoms with Crippen molar-refractivity contribution in [1.29, 1.82) is 0 Å². The second-order valence-corrected chi connectivity index (χ2v) is 6.19. The quantitative estimate of drug-likeness (QED) is 0.766. The average molecular weight is 405 g/mol. The number of hydrogen-bond donors (Lipinski definition) is 0. The number of ether oxygens (including phenoxy) is 2. The second-order valence-electron chi connectivity index (χ2n) is 5.44. The van der Waals surface area contributed by atoms with E-state index < -0.39 is 19.2 Å². The largest absolute Gasteiger partial charge is 0.496 e. The number of halogens is 4. The Balaban J connectivity index is 2.07. The molecule has 4 nitrogen and oxygen atoms in total. The molecular weight excluding hydrogens is 389 g/mol. The van der Waals surface area contributed by atoms with Crippen molar-refractivity contribution in [2.75, 3.05) is 20.4 Å². The highest BCUT2D eigenvalue weighted by Crippen LogP contribution is 2.35. The van der Waals surface area contributed by atoms with E-state index in [0.717, 1.165) is 5.69 Å². The van der Waals surface area contributed by atoms with E-state index in [9.17, 15) is 13.2 Å². The van der Waals surface area contributed by atoms with E-state index in [4.69, 9.17) is 9.47 Å². The topological polar surface area (TPSA) is 36.3 Å². The molecule has 0 spiro atoms. The van der Waals surface area contributed by atoms with Crippen LogP contribution in [0.3, 0.4) is 0 Å². The van der Waals surface area contributed by atoms with Gasteiger partial charge in [0.15, 0.2) is 0 Å². The number of benzene rings is 1. The van der Waals surface area contributed by atoms with Gasteiger partial charge in [0.05, 0.1) is 31.5 Å². The van der Waals surface area contributed by atoms with E-state index in [-0.39, 0.29) is 11.3 Å². The average Bonchev–Trinajstić information content (AvgIpc) is 2.76. The molecule has 1 aromatic carbocycles. The zero-order valence-corrected chi connectivity index (χ0v) is 14.5. The van der Waals surface area contributed by atoms with Gasteiger partial charge in [0.25, 0.3) is 6.43 Å². The smallest absolute Gasteiger partial charge is 0.267 e. The van der Waals surface area contributed by atoms with Crippen LogP contribution in [0.25, 0.3) is 11.4 Å². The highest BCUT2D eigenvalue weighted by atomic mass is 79.9. The number of fused-ring (bicyclic) bond motifs is 1. The Morgan fingerprint density at radius 3 is 2.92 bits per heavy atom. The Bertz CT molecular complexity index is 736. The van der Waals surface area contributed by atoms with Gasteiger partial charge in [0.1, 0.15) is 29.0 Å². The first-order chi connectivity index (χ1) is 11.5. The van der Waals surface area contributed by atoms with Crippen LogP contribution in [-0.2, 0) is 17.7 Å². The fourth-order valence-corrected chi connectivity index (χ4v) is 3.39. The monoisotopic (exact) mass is 404 g/mol. The lowest BCUT2D eigenvalue weighted by atomic mass is 10.1. The summed E-state index contributed by atoms with van der Waals surface area (Å²) in [6.07, 6.45) is -2.58. The molecule has 0 amide bonds. The second kappa shape index (κ2) is 7.14. The van der Waals surface area contributed by atoms with Crippen molar-refractivity contribution in [2.24, 2.45) is 0 Å². The molecule has 1 aliphatic heterocycles. The summed E-state index contributed by atoms with van der Waals surface area (Å²) in [4.78, 5) is 4.48. The molecule has 8 heteroatoms. The van der Waals surface area contributed by atoms with Gasteiger partial charge in [-0.05, 0) is 28.1 Å². The summed E-state index contributed by atoms with van der Waals surface area (Å²) in [5, 5.41) is 0. The maximum absolute atomic E-state index is 13.1. The van der Waals surface area contributed by atoms with E-state index >= 15 is 0 Å². The highest BCUT2D eigenvalue weighted by molar-refractivity contribution is 9.10. The fourth-order valence-electron chi connectivity index (χ4n) is 2.81. The number of imidazole rings is 1. The van der Waals surface area contributed by atoms with Crippen molar-refractivity contribution in [2.45, 2.75) is 25.5 Å². The summed E-state index contributed by atoms with van der Waals surface area (Å²) >= 11 is 3.42. The summed E-state index contributed by atoms with van der Waals surface area (Å²) in [5.41, 5.74) is 1.36. The molecule has 0 fully saturated rings. The van der Waals surface area contributed by atoms with E-state index in [1.165, 1.54) is 19.2 Å². The molecule has 1 unspecified atom stereocenters. The predicted octanol–water partition coefficient (Wildman–Crippen LogP) is 4.17. The Kier molecular flexibility index (Phi) is 5.15. The van der Waals surface area contributed by atoms with Gasteiger partial charge in [0.2, 0.25) is 0 Å². The van der Waals surface area contributed by atoms with Crippen molar-refractivity contribution < 1.29 is 22.6 Å². The van der Waals surface area contributed by atoms with Crippen molar-refractivity contribution >= 4 is 15.9 Å². The minimum absolute atomic E-state index is 0.0999. The third-order valence-corrected chi connectivity index (χ3v) is 4.64. The lowest BCUT2D eigenvalue weighted by molar-refractivity contribution is 0.0355. The van der Waals surface area contributed by atoms with Crippen molar-refractivity contribution in [3.8, 4) is 17.1 Å². The molecule has 1 aromatic heterocycles. The van der Waals surface area contributed by atoms with Crippen LogP contribution in [0.1, 0.15) is 17.7 Å². The number of alkyl halides is 3. The Labute approximate surface area is 145 Å². The van der Waals surface area contributed by atoms with Crippen LogP contribution in [0.5, 0.6) is 5.75 Å². The van der Waals surface area contributed by atoms with E-state index in [0.29, 0.717) is 35.6 Å². The zero-order chi connectivity index (χ0) is 17.3. The Morgan fingerprint density at radius 1 is 1.46 bits per heavy atom. The number of methoxy groups -OCH3 is 1. The summed E-state index contributed by atoms with van der Waals surface area (Å²) in [6, 6.07) is 4.43. The van der Waals surface area contributed by atoms with Gasteiger partial charge in [-0.15, -0.1) is 0 Å². The molecule has 130 valence electrons. The van der Waals surface area contributed by atoms with Gasteiger partial charge < -0.3 is 14.0 Å². The van der Waals surface area contributed by atoms with Gasteiger partial charge in [-0.25, -0.2) is 18.2 Å². The maximum Gasteiger partial charge on any atom is 0.267 e. The Hall–Kier alpha value is -1.54. The lowest BCUT2D eigenvalue weighted by Crippen LogP contribution is -2.21. The molecule has 24 heavy (non-hydrogen) atoms. The third-order valence-electron chi connectivity index (χ3n) is 4.00. The molecule has 2 aromatic rings. The van der Waals surface area contributed by atoms with Gasteiger partial charge in [-0.1, -0.05) is 6.07 Å². The molecular formula is C16H16BrF3N2O2. The number of hydrogen-bond acceptors (Lipinski definition) is 3. The van der Waals surface area contributed by atoms with Crippen LogP contribution in [-0.4, -0.2) is 36.0 Å². The molecule has 1 atom stereocenters. The summed E-state index contributed by atoms with van der Waals surface area (Å²) in [5.74, 6) is 0.669. The predicted molar refractivity (Wildman–Crippen MR) is 86.3 cm³/mol. The number of aromatic nitrogens is 2. The first-order valence-corrected chi connectivity index (χ1v) is 8.23. The first kappa shape index (κ1) is 17.3. The zero-order valence-electron chi connectivity index (χ0n) is 12.9. The molecule has 0 aliphatic carbocycles. The normalized spacial score (nSPS) is 17.7. The summed E-state index contributed by atoms with van der Waals surface area (Å²) in [7, 11) is 1.35. The molecule has 3 rings (SSSR count). The molecule has 0 N–H and O–H groups in total. The Morgan fingerprint density at radius 2 is 2.25 bits per heavy atom. The minimum atomic E-state index is -2.62. The van der Waals surface area contributed by atoms with Crippen LogP contribution in [0.2, 0.25) is 0 Å². The van der Waals surface area contributed by atoms with E-state index in [2.05, 4.69) is 20.9 Å². The van der Waals surface area contributed by atoms with E-state index in [1.807, 2.05) is 4.57 Å². The number of nitrogens with zero attached hydrogens (tertiary/aromatic N) is 2. The van der Waals surface area contributed by atoms with Crippen LogP contribution in [0, 0.1) is 0 Å². The molecule has 0 saturated carbocycles.